The second-order valence-corrected chi connectivity index (χ2v) is 8.11. The zero-order valence-electron chi connectivity index (χ0n) is 15.0. The molecule has 10 heteroatoms. The zero-order chi connectivity index (χ0) is 19.2. The fourth-order valence-electron chi connectivity index (χ4n) is 4.80. The van der Waals surface area contributed by atoms with E-state index in [4.69, 9.17) is 10.3 Å². The summed E-state index contributed by atoms with van der Waals surface area (Å²) >= 11 is 3.55. The molecule has 27 heavy (non-hydrogen) atoms. The third kappa shape index (κ3) is 2.74. The van der Waals surface area contributed by atoms with Crippen LogP contribution in [0.1, 0.15) is 42.2 Å². The molecule has 9 nitrogen and oxygen atoms in total. The minimum atomic E-state index is -0.719. The molecule has 3 heterocycles. The average molecular weight is 437 g/mol. The highest BCUT2D eigenvalue weighted by Crippen LogP contribution is 2.54. The second kappa shape index (κ2) is 6.85. The second-order valence-electron chi connectivity index (χ2n) is 7.30. The van der Waals surface area contributed by atoms with E-state index in [0.717, 1.165) is 17.4 Å². The molecule has 2 aliphatic heterocycles. The summed E-state index contributed by atoms with van der Waals surface area (Å²) < 4.78 is 9.21. The number of carbonyl (C=O) groups excluding carboxylic acids is 2. The number of likely N-dealkylation sites (tertiary alicyclic amines) is 1. The van der Waals surface area contributed by atoms with E-state index >= 15 is 0 Å². The maximum atomic E-state index is 12.5. The molecular formula is C17H21BrN6O3. The van der Waals surface area contributed by atoms with E-state index < -0.39 is 5.72 Å². The fourth-order valence-corrected chi connectivity index (χ4v) is 5.38. The summed E-state index contributed by atoms with van der Waals surface area (Å²) in [6, 6.07) is 3.57. The van der Waals surface area contributed by atoms with Gasteiger partial charge in [0.25, 0.3) is 5.91 Å². The summed E-state index contributed by atoms with van der Waals surface area (Å²) in [5, 5.41) is 6.64. The summed E-state index contributed by atoms with van der Waals surface area (Å²) in [6.07, 6.45) is 2.47. The first-order valence-corrected chi connectivity index (χ1v) is 9.88. The van der Waals surface area contributed by atoms with Gasteiger partial charge in [0, 0.05) is 43.9 Å². The molecule has 0 unspecified atom stereocenters. The lowest BCUT2D eigenvalue weighted by atomic mass is 9.95. The van der Waals surface area contributed by atoms with Gasteiger partial charge in [-0.05, 0) is 46.4 Å². The van der Waals surface area contributed by atoms with Gasteiger partial charge >= 0.3 is 0 Å². The van der Waals surface area contributed by atoms with Crippen molar-refractivity contribution in [1.29, 1.82) is 0 Å². The van der Waals surface area contributed by atoms with Crippen molar-refractivity contribution in [3.8, 4) is 0 Å². The van der Waals surface area contributed by atoms with Gasteiger partial charge in [-0.3, -0.25) is 9.59 Å². The number of fused-ring (bicyclic) bond motifs is 5. The Morgan fingerprint density at radius 2 is 2.26 bits per heavy atom. The molecule has 2 fully saturated rings. The van der Waals surface area contributed by atoms with Crippen LogP contribution < -0.4 is 5.32 Å². The highest BCUT2D eigenvalue weighted by molar-refractivity contribution is 9.10. The van der Waals surface area contributed by atoms with E-state index in [2.05, 4.69) is 31.3 Å². The molecule has 4 rings (SSSR count). The van der Waals surface area contributed by atoms with Crippen molar-refractivity contribution in [3.63, 3.8) is 0 Å². The Labute approximate surface area is 164 Å². The quantitative estimate of drug-likeness (QED) is 0.320. The van der Waals surface area contributed by atoms with E-state index in [-0.39, 0.29) is 29.8 Å². The third-order valence-electron chi connectivity index (χ3n) is 6.06. The van der Waals surface area contributed by atoms with Crippen molar-refractivity contribution in [1.82, 2.24) is 14.8 Å². The van der Waals surface area contributed by atoms with Crippen molar-refractivity contribution in [2.45, 2.75) is 43.5 Å². The number of amides is 2. The van der Waals surface area contributed by atoms with E-state index in [1.165, 1.54) is 0 Å². The topological polar surface area (TPSA) is 112 Å². The Morgan fingerprint density at radius 3 is 3.04 bits per heavy atom. The number of ether oxygens (including phenoxy) is 1. The van der Waals surface area contributed by atoms with Gasteiger partial charge in [0.15, 0.2) is 0 Å². The molecule has 1 saturated carbocycles. The van der Waals surface area contributed by atoms with Crippen molar-refractivity contribution in [2.75, 3.05) is 20.2 Å². The molecular weight excluding hydrogens is 416 g/mol. The lowest BCUT2D eigenvalue weighted by molar-refractivity contribution is -0.161. The Balaban J connectivity index is 1.58. The molecule has 0 bridgehead atoms. The number of hydrogen-bond donors (Lipinski definition) is 1. The lowest BCUT2D eigenvalue weighted by Gasteiger charge is -2.36. The van der Waals surface area contributed by atoms with Crippen LogP contribution in [0.3, 0.4) is 0 Å². The first kappa shape index (κ1) is 18.3. The molecule has 0 radical (unpaired) electrons. The zero-order valence-corrected chi connectivity index (χ0v) is 16.6. The van der Waals surface area contributed by atoms with Crippen LogP contribution in [0.15, 0.2) is 21.9 Å². The third-order valence-corrected chi connectivity index (χ3v) is 6.71. The standard InChI is InChI=1S/C17H21BrN6O3/c1-23-14(25)8-10-15-12(24-11(16(26)21-15)4-5-13(24)18)9-17(10,23)27-7-3-2-6-20-22-19/h4-5,10,12,15H,2-3,6-9H2,1H3,(H,21,26)/t10-,12+,15-,17-/m0/s1. The number of aromatic nitrogens is 1. The molecule has 1 aliphatic carbocycles. The first-order chi connectivity index (χ1) is 13.0. The van der Waals surface area contributed by atoms with Crippen molar-refractivity contribution in [2.24, 2.45) is 11.0 Å². The van der Waals surface area contributed by atoms with Crippen LogP contribution in [-0.2, 0) is 9.53 Å². The molecule has 144 valence electrons. The molecule has 1 saturated heterocycles. The highest BCUT2D eigenvalue weighted by atomic mass is 79.9. The summed E-state index contributed by atoms with van der Waals surface area (Å²) in [5.41, 5.74) is 8.26. The molecule has 1 N–H and O–H groups in total. The van der Waals surface area contributed by atoms with Gasteiger partial charge in [-0.25, -0.2) is 0 Å². The largest absolute Gasteiger partial charge is 0.355 e. The van der Waals surface area contributed by atoms with E-state index in [1.54, 1.807) is 11.9 Å². The smallest absolute Gasteiger partial charge is 0.268 e. The predicted octanol–water partition coefficient (Wildman–Crippen LogP) is 2.59. The monoisotopic (exact) mass is 436 g/mol. The van der Waals surface area contributed by atoms with Gasteiger partial charge in [-0.1, -0.05) is 5.11 Å². The number of azide groups is 1. The number of halogens is 1. The van der Waals surface area contributed by atoms with Crippen molar-refractivity contribution in [3.05, 3.63) is 32.9 Å². The normalized spacial score (nSPS) is 31.2. The summed E-state index contributed by atoms with van der Waals surface area (Å²) in [4.78, 5) is 29.4. The SMILES string of the molecule is CN1C(=O)C[C@H]2[C@@H]3NC(=O)c4ccc(Br)n4[C@@H]3C[C@]21OCCCCN=[N+]=[N-]. The van der Waals surface area contributed by atoms with Gasteiger partial charge < -0.3 is 19.5 Å². The number of nitrogens with zero attached hydrogens (tertiary/aromatic N) is 5. The van der Waals surface area contributed by atoms with Gasteiger partial charge in [0.2, 0.25) is 5.91 Å². The number of carbonyl (C=O) groups is 2. The van der Waals surface area contributed by atoms with Crippen LogP contribution in [0.25, 0.3) is 10.4 Å². The molecule has 1 aromatic heterocycles. The Kier molecular flexibility index (Phi) is 4.65. The number of hydrogen-bond acceptors (Lipinski definition) is 4. The van der Waals surface area contributed by atoms with E-state index in [1.807, 2.05) is 16.7 Å². The minimum absolute atomic E-state index is 0.0332. The molecule has 1 aromatic rings. The van der Waals surface area contributed by atoms with Crippen LogP contribution in [0.4, 0.5) is 0 Å². The van der Waals surface area contributed by atoms with Gasteiger partial charge in [0.1, 0.15) is 11.4 Å². The molecule has 3 aliphatic rings. The minimum Gasteiger partial charge on any atom is -0.355 e. The van der Waals surface area contributed by atoms with Crippen molar-refractivity contribution < 1.29 is 14.3 Å². The van der Waals surface area contributed by atoms with Gasteiger partial charge in [-0.2, -0.15) is 0 Å². The Morgan fingerprint density at radius 1 is 1.44 bits per heavy atom. The molecule has 0 spiro atoms. The van der Waals surface area contributed by atoms with Crippen LogP contribution in [0.5, 0.6) is 0 Å². The molecule has 0 aromatic carbocycles. The Bertz CT molecular complexity index is 835. The van der Waals surface area contributed by atoms with E-state index in [0.29, 0.717) is 31.7 Å². The summed E-state index contributed by atoms with van der Waals surface area (Å²) in [5.74, 6) is -0.170. The number of nitrogens with one attached hydrogen (secondary N) is 1. The van der Waals surface area contributed by atoms with Crippen LogP contribution in [-0.4, -0.2) is 53.2 Å². The summed E-state index contributed by atoms with van der Waals surface area (Å²) in [6.45, 7) is 0.911. The van der Waals surface area contributed by atoms with Crippen LogP contribution in [0, 0.1) is 5.92 Å². The predicted molar refractivity (Wildman–Crippen MR) is 99.8 cm³/mol. The number of unbranched alkanes of at least 4 members (excludes halogenated alkanes) is 1. The van der Waals surface area contributed by atoms with Gasteiger partial charge in [0.05, 0.1) is 16.7 Å². The number of rotatable bonds is 6. The molecule has 4 atom stereocenters. The fraction of sp³-hybridized carbons (Fsp3) is 0.647. The Hall–Kier alpha value is -2.03. The first-order valence-electron chi connectivity index (χ1n) is 9.08. The van der Waals surface area contributed by atoms with Gasteiger partial charge in [-0.15, -0.1) is 0 Å². The van der Waals surface area contributed by atoms with E-state index in [9.17, 15) is 9.59 Å². The summed E-state index contributed by atoms with van der Waals surface area (Å²) in [7, 11) is 1.78. The maximum Gasteiger partial charge on any atom is 0.268 e. The average Bonchev–Trinajstić information content (AvgIpc) is 3.24. The maximum absolute atomic E-state index is 12.5. The van der Waals surface area contributed by atoms with Crippen molar-refractivity contribution >= 4 is 27.7 Å². The van der Waals surface area contributed by atoms with Crippen LogP contribution >= 0.6 is 15.9 Å². The lowest BCUT2D eigenvalue weighted by Crippen LogP contribution is -2.51. The highest BCUT2D eigenvalue weighted by Gasteiger charge is 2.64. The van der Waals surface area contributed by atoms with Crippen LogP contribution in [0.2, 0.25) is 0 Å². The molecule has 2 amide bonds.